The first-order chi connectivity index (χ1) is 3.83. The second-order valence-electron chi connectivity index (χ2n) is 1.37. The van der Waals surface area contributed by atoms with Crippen LogP contribution >= 0.6 is 0 Å². The summed E-state index contributed by atoms with van der Waals surface area (Å²) in [4.78, 5) is 0. The lowest BCUT2D eigenvalue weighted by molar-refractivity contribution is 0.932. The molecular weight excluding hydrogens is 102 g/mol. The van der Waals surface area contributed by atoms with E-state index >= 15 is 0 Å². The summed E-state index contributed by atoms with van der Waals surface area (Å²) >= 11 is 0. The summed E-state index contributed by atoms with van der Waals surface area (Å²) in [7, 11) is 0. The monoisotopic (exact) mass is 119 g/mol. The molecule has 0 spiro atoms. The first-order valence-electron chi connectivity index (χ1n) is 2.93. The van der Waals surface area contributed by atoms with E-state index in [0.717, 1.165) is 13.0 Å². The highest BCUT2D eigenvalue weighted by Gasteiger charge is 1.55. The molecule has 0 aromatic carbocycles. The normalized spacial score (nSPS) is 7.50. The quantitative estimate of drug-likeness (QED) is 0.448. The Labute approximate surface area is 51.2 Å². The van der Waals surface area contributed by atoms with Crippen molar-refractivity contribution < 1.29 is 0 Å². The van der Waals surface area contributed by atoms with E-state index in [1.54, 1.807) is 0 Å². The topological polar surface area (TPSA) is 78.1 Å². The zero-order valence-electron chi connectivity index (χ0n) is 5.56. The molecule has 0 fully saturated rings. The molecule has 0 saturated heterocycles. The van der Waals surface area contributed by atoms with Gasteiger partial charge in [0.15, 0.2) is 0 Å². The van der Waals surface area contributed by atoms with Gasteiger partial charge in [-0.3, -0.25) is 0 Å². The van der Waals surface area contributed by atoms with Gasteiger partial charge in [-0.05, 0) is 13.0 Å². The predicted molar refractivity (Wildman–Crippen MR) is 37.5 cm³/mol. The van der Waals surface area contributed by atoms with Crippen LogP contribution in [-0.4, -0.2) is 19.6 Å². The molecule has 0 atom stereocenters. The van der Waals surface area contributed by atoms with Gasteiger partial charge in [-0.1, -0.05) is 6.92 Å². The van der Waals surface area contributed by atoms with Crippen LogP contribution in [0.2, 0.25) is 0 Å². The third-order valence-corrected chi connectivity index (χ3v) is 0.455. The Kier molecular flexibility index (Phi) is 21.3. The van der Waals surface area contributed by atoms with Crippen molar-refractivity contribution in [2.75, 3.05) is 19.6 Å². The molecule has 3 nitrogen and oxygen atoms in total. The molecule has 0 aromatic heterocycles. The highest BCUT2D eigenvalue weighted by Crippen LogP contribution is 1.57. The van der Waals surface area contributed by atoms with Crippen molar-refractivity contribution >= 4 is 0 Å². The van der Waals surface area contributed by atoms with E-state index in [1.807, 2.05) is 0 Å². The number of hydrogen-bond acceptors (Lipinski definition) is 3. The predicted octanol–water partition coefficient (Wildman–Crippen LogP) is -0.741. The molecule has 0 unspecified atom stereocenters. The Bertz CT molecular complexity index is 15.6. The zero-order chi connectivity index (χ0) is 6.83. The van der Waals surface area contributed by atoms with Crippen molar-refractivity contribution in [3.05, 3.63) is 0 Å². The maximum absolute atomic E-state index is 5.03. The molecule has 0 bridgehead atoms. The summed E-state index contributed by atoms with van der Waals surface area (Å²) in [6, 6.07) is 0. The molecule has 0 aliphatic carbocycles. The fraction of sp³-hybridized carbons (Fsp3) is 1.00. The first-order valence-corrected chi connectivity index (χ1v) is 2.93. The Morgan fingerprint density at radius 3 is 1.12 bits per heavy atom. The van der Waals surface area contributed by atoms with Crippen molar-refractivity contribution in [1.29, 1.82) is 0 Å². The smallest absolute Gasteiger partial charge is 0.00461 e. The van der Waals surface area contributed by atoms with Crippen molar-refractivity contribution in [3.8, 4) is 0 Å². The van der Waals surface area contributed by atoms with Crippen LogP contribution in [0.4, 0.5) is 0 Å². The highest BCUT2D eigenvalue weighted by atomic mass is 14.6. The van der Waals surface area contributed by atoms with Crippen LogP contribution in [0.15, 0.2) is 0 Å². The van der Waals surface area contributed by atoms with E-state index in [9.17, 15) is 0 Å². The van der Waals surface area contributed by atoms with Crippen LogP contribution < -0.4 is 17.2 Å². The molecule has 3 heteroatoms. The molecule has 0 aliphatic heterocycles. The minimum atomic E-state index is 0.597. The van der Waals surface area contributed by atoms with E-state index in [1.165, 1.54) is 0 Å². The molecule has 52 valence electrons. The summed E-state index contributed by atoms with van der Waals surface area (Å²) in [6.07, 6.45) is 1.10. The second kappa shape index (κ2) is 15.8. The third-order valence-electron chi connectivity index (χ3n) is 0.455. The first kappa shape index (κ1) is 10.8. The van der Waals surface area contributed by atoms with Crippen LogP contribution in [0.5, 0.6) is 0 Å². The van der Waals surface area contributed by atoms with E-state index in [0.29, 0.717) is 13.1 Å². The minimum absolute atomic E-state index is 0.597. The lowest BCUT2D eigenvalue weighted by Gasteiger charge is -1.72. The molecule has 0 heterocycles. The van der Waals surface area contributed by atoms with E-state index in [-0.39, 0.29) is 0 Å². The fourth-order valence-electron chi connectivity index (χ4n) is 0. The van der Waals surface area contributed by atoms with Gasteiger partial charge in [0.1, 0.15) is 0 Å². The van der Waals surface area contributed by atoms with Crippen LogP contribution in [0.25, 0.3) is 0 Å². The summed E-state index contributed by atoms with van der Waals surface area (Å²) in [6.45, 7) is 4.07. The highest BCUT2D eigenvalue weighted by molar-refractivity contribution is 4.26. The molecule has 0 aliphatic rings. The van der Waals surface area contributed by atoms with Crippen molar-refractivity contribution in [1.82, 2.24) is 0 Å². The van der Waals surface area contributed by atoms with Gasteiger partial charge in [0.2, 0.25) is 0 Å². The Hall–Kier alpha value is -0.120. The van der Waals surface area contributed by atoms with Gasteiger partial charge in [0, 0.05) is 13.1 Å². The van der Waals surface area contributed by atoms with Gasteiger partial charge in [-0.25, -0.2) is 0 Å². The lowest BCUT2D eigenvalue weighted by atomic mass is 10.5. The lowest BCUT2D eigenvalue weighted by Crippen LogP contribution is -2.11. The van der Waals surface area contributed by atoms with Crippen molar-refractivity contribution in [2.24, 2.45) is 17.2 Å². The summed E-state index contributed by atoms with van der Waals surface area (Å²) in [5.41, 5.74) is 14.8. The van der Waals surface area contributed by atoms with E-state index in [4.69, 9.17) is 17.2 Å². The number of rotatable bonds is 2. The summed E-state index contributed by atoms with van der Waals surface area (Å²) in [5.74, 6) is 0. The average Bonchev–Trinajstić information content (AvgIpc) is 1.88. The third kappa shape index (κ3) is 39.6. The Morgan fingerprint density at radius 1 is 0.875 bits per heavy atom. The van der Waals surface area contributed by atoms with Gasteiger partial charge in [-0.15, -0.1) is 0 Å². The second-order valence-corrected chi connectivity index (χ2v) is 1.37. The van der Waals surface area contributed by atoms with Crippen LogP contribution in [-0.2, 0) is 0 Å². The standard InChI is InChI=1S/C3H9N.C2H8N2/c1-2-3-4;3-1-2-4/h2-4H2,1H3;1-4H2. The number of nitrogens with two attached hydrogens (primary N) is 3. The molecular formula is C5H17N3. The minimum Gasteiger partial charge on any atom is -0.330 e. The maximum Gasteiger partial charge on any atom is 0.00461 e. The van der Waals surface area contributed by atoms with Crippen LogP contribution in [0.3, 0.4) is 0 Å². The SMILES string of the molecule is CCCN.NCCN. The molecule has 0 rings (SSSR count). The molecule has 0 radical (unpaired) electrons. The zero-order valence-corrected chi connectivity index (χ0v) is 5.56. The average molecular weight is 119 g/mol. The van der Waals surface area contributed by atoms with Crippen LogP contribution in [0, 0.1) is 0 Å². The van der Waals surface area contributed by atoms with E-state index < -0.39 is 0 Å². The van der Waals surface area contributed by atoms with Gasteiger partial charge in [0.05, 0.1) is 0 Å². The van der Waals surface area contributed by atoms with E-state index in [2.05, 4.69) is 6.92 Å². The fourth-order valence-corrected chi connectivity index (χ4v) is 0. The Balaban J connectivity index is 0. The summed E-state index contributed by atoms with van der Waals surface area (Å²) in [5, 5.41) is 0. The van der Waals surface area contributed by atoms with Gasteiger partial charge >= 0.3 is 0 Å². The Morgan fingerprint density at radius 2 is 1.12 bits per heavy atom. The molecule has 0 aromatic rings. The maximum atomic E-state index is 5.03. The van der Waals surface area contributed by atoms with Gasteiger partial charge in [-0.2, -0.15) is 0 Å². The van der Waals surface area contributed by atoms with Gasteiger partial charge < -0.3 is 17.2 Å². The van der Waals surface area contributed by atoms with Crippen molar-refractivity contribution in [2.45, 2.75) is 13.3 Å². The molecule has 0 amide bonds. The van der Waals surface area contributed by atoms with Crippen LogP contribution in [0.1, 0.15) is 13.3 Å². The van der Waals surface area contributed by atoms with Crippen molar-refractivity contribution in [3.63, 3.8) is 0 Å². The molecule has 6 N–H and O–H groups in total. The van der Waals surface area contributed by atoms with Gasteiger partial charge in [0.25, 0.3) is 0 Å². The largest absolute Gasteiger partial charge is 0.330 e. The number of hydrogen-bond donors (Lipinski definition) is 3. The summed E-state index contributed by atoms with van der Waals surface area (Å²) < 4.78 is 0. The molecule has 8 heavy (non-hydrogen) atoms. The molecule has 0 saturated carbocycles.